The summed E-state index contributed by atoms with van der Waals surface area (Å²) in [5, 5.41) is 0.557. The Kier molecular flexibility index (Phi) is 3.72. The second-order valence-electron chi connectivity index (χ2n) is 4.81. The fourth-order valence-corrected chi connectivity index (χ4v) is 2.92. The standard InChI is InChI=1S/C16H13BrClN/c17-15-5-4-13-7-12(8-14(13)9-15)2-1-11-3-6-16(18)19-10-11/h3-7,9-10H,1-2,8H2. The Balaban J connectivity index is 1.65. The molecule has 1 aromatic carbocycles. The highest BCUT2D eigenvalue weighted by Crippen LogP contribution is 2.29. The van der Waals surface area contributed by atoms with E-state index in [1.807, 2.05) is 12.3 Å². The minimum Gasteiger partial charge on any atom is -0.244 e. The summed E-state index contributed by atoms with van der Waals surface area (Å²) in [4.78, 5) is 4.12. The van der Waals surface area contributed by atoms with E-state index in [-0.39, 0.29) is 0 Å². The van der Waals surface area contributed by atoms with Gasteiger partial charge in [0.2, 0.25) is 0 Å². The van der Waals surface area contributed by atoms with Crippen LogP contribution in [-0.2, 0) is 12.8 Å². The maximum absolute atomic E-state index is 5.79. The zero-order valence-electron chi connectivity index (χ0n) is 10.4. The van der Waals surface area contributed by atoms with E-state index in [0.717, 1.165) is 23.7 Å². The molecule has 0 unspecified atom stereocenters. The van der Waals surface area contributed by atoms with Gasteiger partial charge in [0.05, 0.1) is 0 Å². The van der Waals surface area contributed by atoms with E-state index in [2.05, 4.69) is 51.3 Å². The Labute approximate surface area is 126 Å². The summed E-state index contributed by atoms with van der Waals surface area (Å²) in [7, 11) is 0. The van der Waals surface area contributed by atoms with Gasteiger partial charge in [0.25, 0.3) is 0 Å². The fraction of sp³-hybridized carbons (Fsp3) is 0.188. The molecule has 0 bridgehead atoms. The van der Waals surface area contributed by atoms with Crippen molar-refractivity contribution in [2.75, 3.05) is 0 Å². The van der Waals surface area contributed by atoms with Crippen molar-refractivity contribution in [1.82, 2.24) is 4.98 Å². The molecule has 0 amide bonds. The molecule has 0 N–H and O–H groups in total. The fourth-order valence-electron chi connectivity index (χ4n) is 2.40. The number of rotatable bonds is 3. The molecule has 0 saturated heterocycles. The first-order chi connectivity index (χ1) is 9.20. The van der Waals surface area contributed by atoms with Gasteiger partial charge in [-0.1, -0.05) is 51.3 Å². The van der Waals surface area contributed by atoms with Gasteiger partial charge >= 0.3 is 0 Å². The van der Waals surface area contributed by atoms with Crippen LogP contribution in [0.5, 0.6) is 0 Å². The highest BCUT2D eigenvalue weighted by Gasteiger charge is 2.12. The molecule has 0 saturated carbocycles. The normalized spacial score (nSPS) is 13.3. The van der Waals surface area contributed by atoms with E-state index >= 15 is 0 Å². The quantitative estimate of drug-likeness (QED) is 0.714. The summed E-state index contributed by atoms with van der Waals surface area (Å²) in [6.45, 7) is 0. The van der Waals surface area contributed by atoms with E-state index in [1.165, 1.54) is 22.3 Å². The van der Waals surface area contributed by atoms with Crippen LogP contribution in [0.15, 0.2) is 46.6 Å². The first-order valence-corrected chi connectivity index (χ1v) is 7.46. The van der Waals surface area contributed by atoms with Crippen LogP contribution >= 0.6 is 27.5 Å². The predicted molar refractivity (Wildman–Crippen MR) is 83.4 cm³/mol. The number of hydrogen-bond donors (Lipinski definition) is 0. The highest BCUT2D eigenvalue weighted by molar-refractivity contribution is 9.10. The number of pyridine rings is 1. The largest absolute Gasteiger partial charge is 0.244 e. The minimum atomic E-state index is 0.557. The molecule has 1 aromatic heterocycles. The van der Waals surface area contributed by atoms with Crippen LogP contribution in [0.25, 0.3) is 6.08 Å². The summed E-state index contributed by atoms with van der Waals surface area (Å²) < 4.78 is 1.16. The third-order valence-corrected chi connectivity index (χ3v) is 4.12. The van der Waals surface area contributed by atoms with Crippen molar-refractivity contribution in [3.63, 3.8) is 0 Å². The van der Waals surface area contributed by atoms with Crippen LogP contribution in [0.1, 0.15) is 23.1 Å². The summed E-state index contributed by atoms with van der Waals surface area (Å²) in [6, 6.07) is 10.4. The summed E-state index contributed by atoms with van der Waals surface area (Å²) in [5.41, 5.74) is 5.50. The van der Waals surface area contributed by atoms with Gasteiger partial charge in [0, 0.05) is 10.7 Å². The Bertz CT molecular complexity index is 632. The van der Waals surface area contributed by atoms with Crippen molar-refractivity contribution in [2.24, 2.45) is 0 Å². The molecule has 0 radical (unpaired) electrons. The molecular formula is C16H13BrClN. The van der Waals surface area contributed by atoms with Gasteiger partial charge in [-0.2, -0.15) is 0 Å². The van der Waals surface area contributed by atoms with Crippen LogP contribution in [0.2, 0.25) is 5.15 Å². The van der Waals surface area contributed by atoms with Crippen LogP contribution in [0.4, 0.5) is 0 Å². The summed E-state index contributed by atoms with van der Waals surface area (Å²) >= 11 is 9.31. The third kappa shape index (κ3) is 3.07. The van der Waals surface area contributed by atoms with E-state index in [1.54, 1.807) is 0 Å². The number of benzene rings is 1. The van der Waals surface area contributed by atoms with Crippen molar-refractivity contribution in [2.45, 2.75) is 19.3 Å². The van der Waals surface area contributed by atoms with Gasteiger partial charge in [0.15, 0.2) is 0 Å². The summed E-state index contributed by atoms with van der Waals surface area (Å²) in [5.74, 6) is 0. The maximum atomic E-state index is 5.79. The number of nitrogens with zero attached hydrogens (tertiary/aromatic N) is 1. The Morgan fingerprint density at radius 3 is 2.84 bits per heavy atom. The van der Waals surface area contributed by atoms with Crippen LogP contribution in [0, 0.1) is 0 Å². The molecule has 0 aliphatic heterocycles. The first kappa shape index (κ1) is 12.9. The molecule has 1 aliphatic carbocycles. The number of halogens is 2. The van der Waals surface area contributed by atoms with Gasteiger partial charge in [-0.25, -0.2) is 4.98 Å². The molecule has 19 heavy (non-hydrogen) atoms. The average Bonchev–Trinajstić information content (AvgIpc) is 2.80. The Morgan fingerprint density at radius 2 is 2.05 bits per heavy atom. The van der Waals surface area contributed by atoms with Crippen molar-refractivity contribution >= 4 is 33.6 Å². The van der Waals surface area contributed by atoms with E-state index in [4.69, 9.17) is 11.6 Å². The van der Waals surface area contributed by atoms with Crippen LogP contribution in [-0.4, -0.2) is 4.98 Å². The Hall–Kier alpha value is -1.12. The monoisotopic (exact) mass is 333 g/mol. The van der Waals surface area contributed by atoms with Crippen molar-refractivity contribution in [3.05, 3.63) is 68.4 Å². The van der Waals surface area contributed by atoms with Crippen molar-refractivity contribution < 1.29 is 0 Å². The highest BCUT2D eigenvalue weighted by atomic mass is 79.9. The second kappa shape index (κ2) is 5.48. The molecule has 96 valence electrons. The molecule has 1 heterocycles. The predicted octanol–water partition coefficient (Wildman–Crippen LogP) is 5.07. The molecule has 1 aliphatic rings. The van der Waals surface area contributed by atoms with Gasteiger partial charge in [-0.05, 0) is 54.2 Å². The Morgan fingerprint density at radius 1 is 1.16 bits per heavy atom. The third-order valence-electron chi connectivity index (χ3n) is 3.41. The van der Waals surface area contributed by atoms with Crippen molar-refractivity contribution in [1.29, 1.82) is 0 Å². The molecule has 0 spiro atoms. The topological polar surface area (TPSA) is 12.9 Å². The summed E-state index contributed by atoms with van der Waals surface area (Å²) in [6.07, 6.45) is 7.34. The van der Waals surface area contributed by atoms with Gasteiger partial charge < -0.3 is 0 Å². The number of aryl methyl sites for hydroxylation is 1. The number of aromatic nitrogens is 1. The van der Waals surface area contributed by atoms with Gasteiger partial charge in [0.1, 0.15) is 5.15 Å². The molecule has 3 rings (SSSR count). The zero-order chi connectivity index (χ0) is 13.2. The molecular weight excluding hydrogens is 322 g/mol. The minimum absolute atomic E-state index is 0.557. The zero-order valence-corrected chi connectivity index (χ0v) is 12.7. The number of allylic oxidation sites excluding steroid dienone is 1. The molecule has 0 atom stereocenters. The van der Waals surface area contributed by atoms with E-state index in [0.29, 0.717) is 5.15 Å². The lowest BCUT2D eigenvalue weighted by Gasteiger charge is -2.03. The first-order valence-electron chi connectivity index (χ1n) is 6.29. The average molecular weight is 335 g/mol. The smallest absolute Gasteiger partial charge is 0.129 e. The van der Waals surface area contributed by atoms with Crippen LogP contribution < -0.4 is 0 Å². The molecule has 0 fully saturated rings. The van der Waals surface area contributed by atoms with E-state index < -0.39 is 0 Å². The lowest BCUT2D eigenvalue weighted by molar-refractivity contribution is 0.911. The number of hydrogen-bond acceptors (Lipinski definition) is 1. The lowest BCUT2D eigenvalue weighted by Crippen LogP contribution is -1.91. The molecule has 2 aromatic rings. The molecule has 3 heteroatoms. The molecule has 1 nitrogen and oxygen atoms in total. The SMILES string of the molecule is Clc1ccc(CCC2=Cc3ccc(Br)cc3C2)cn1. The van der Waals surface area contributed by atoms with Crippen molar-refractivity contribution in [3.8, 4) is 0 Å². The maximum Gasteiger partial charge on any atom is 0.129 e. The second-order valence-corrected chi connectivity index (χ2v) is 6.11. The van der Waals surface area contributed by atoms with Gasteiger partial charge in [-0.15, -0.1) is 0 Å². The van der Waals surface area contributed by atoms with Gasteiger partial charge in [-0.3, -0.25) is 0 Å². The number of fused-ring (bicyclic) bond motifs is 1. The van der Waals surface area contributed by atoms with E-state index in [9.17, 15) is 0 Å². The van der Waals surface area contributed by atoms with Crippen LogP contribution in [0.3, 0.4) is 0 Å². The lowest BCUT2D eigenvalue weighted by atomic mass is 10.0.